The highest BCUT2D eigenvalue weighted by Gasteiger charge is 2.24. The second-order valence-corrected chi connectivity index (χ2v) is 5.26. The van der Waals surface area contributed by atoms with E-state index < -0.39 is 0 Å². The third kappa shape index (κ3) is 2.56. The number of aromatic nitrogens is 1. The van der Waals surface area contributed by atoms with Gasteiger partial charge in [-0.3, -0.25) is 0 Å². The van der Waals surface area contributed by atoms with Crippen LogP contribution in [0.1, 0.15) is 19.3 Å². The van der Waals surface area contributed by atoms with Gasteiger partial charge in [0.05, 0.1) is 13.2 Å². The van der Waals surface area contributed by atoms with Crippen LogP contribution in [0.15, 0.2) is 30.5 Å². The molecule has 1 aliphatic rings. The van der Waals surface area contributed by atoms with E-state index >= 15 is 0 Å². The standard InChI is InChI=1S/C16H20N2O2/c1-19-13-6-4-12(9-13)18-16-15-10-14(20-2)5-3-11(15)7-8-17-16/h3,5,7-8,10,12-13H,4,6,9H2,1-2H3,(H,17,18). The lowest BCUT2D eigenvalue weighted by atomic mass is 10.1. The van der Waals surface area contributed by atoms with Crippen molar-refractivity contribution in [1.82, 2.24) is 4.98 Å². The molecule has 1 aliphatic carbocycles. The van der Waals surface area contributed by atoms with E-state index in [0.717, 1.165) is 36.2 Å². The number of fused-ring (bicyclic) bond motifs is 1. The fourth-order valence-corrected chi connectivity index (χ4v) is 2.87. The minimum absolute atomic E-state index is 0.372. The highest BCUT2D eigenvalue weighted by molar-refractivity contribution is 5.92. The van der Waals surface area contributed by atoms with E-state index in [-0.39, 0.29) is 0 Å². The minimum atomic E-state index is 0.372. The molecule has 2 aromatic rings. The molecule has 20 heavy (non-hydrogen) atoms. The van der Waals surface area contributed by atoms with Gasteiger partial charge in [0.1, 0.15) is 11.6 Å². The van der Waals surface area contributed by atoms with Gasteiger partial charge in [0.2, 0.25) is 0 Å². The van der Waals surface area contributed by atoms with Crippen LogP contribution in [0.2, 0.25) is 0 Å². The zero-order valence-electron chi connectivity index (χ0n) is 11.9. The van der Waals surface area contributed by atoms with Crippen molar-refractivity contribution < 1.29 is 9.47 Å². The second-order valence-electron chi connectivity index (χ2n) is 5.26. The van der Waals surface area contributed by atoms with E-state index in [1.54, 1.807) is 14.2 Å². The van der Waals surface area contributed by atoms with Gasteiger partial charge >= 0.3 is 0 Å². The van der Waals surface area contributed by atoms with Crippen molar-refractivity contribution in [3.05, 3.63) is 30.5 Å². The average Bonchev–Trinajstić information content (AvgIpc) is 2.95. The van der Waals surface area contributed by atoms with Gasteiger partial charge in [0.15, 0.2) is 0 Å². The molecule has 1 fully saturated rings. The number of benzene rings is 1. The number of nitrogens with one attached hydrogen (secondary N) is 1. The van der Waals surface area contributed by atoms with Gasteiger partial charge < -0.3 is 14.8 Å². The summed E-state index contributed by atoms with van der Waals surface area (Å²) >= 11 is 0. The Balaban J connectivity index is 1.87. The van der Waals surface area contributed by atoms with Crippen molar-refractivity contribution >= 4 is 16.6 Å². The Morgan fingerprint density at radius 1 is 1.20 bits per heavy atom. The molecule has 0 radical (unpaired) electrons. The summed E-state index contributed by atoms with van der Waals surface area (Å²) in [4.78, 5) is 4.49. The molecule has 0 amide bonds. The average molecular weight is 272 g/mol. The Bertz CT molecular complexity index is 600. The molecular weight excluding hydrogens is 252 g/mol. The monoisotopic (exact) mass is 272 g/mol. The van der Waals surface area contributed by atoms with Gasteiger partial charge in [-0.1, -0.05) is 6.07 Å². The van der Waals surface area contributed by atoms with Crippen LogP contribution in [-0.4, -0.2) is 31.3 Å². The van der Waals surface area contributed by atoms with Crippen LogP contribution < -0.4 is 10.1 Å². The molecule has 0 bridgehead atoms. The molecule has 0 aliphatic heterocycles. The van der Waals surface area contributed by atoms with Crippen molar-refractivity contribution in [3.63, 3.8) is 0 Å². The summed E-state index contributed by atoms with van der Waals surface area (Å²) in [6.07, 6.45) is 5.50. The number of rotatable bonds is 4. The van der Waals surface area contributed by atoms with Crippen LogP contribution in [-0.2, 0) is 4.74 Å². The highest BCUT2D eigenvalue weighted by Crippen LogP contribution is 2.29. The molecule has 4 heteroatoms. The van der Waals surface area contributed by atoms with Gasteiger partial charge in [0.25, 0.3) is 0 Å². The molecule has 2 atom stereocenters. The molecule has 3 rings (SSSR count). The number of hydrogen-bond acceptors (Lipinski definition) is 4. The SMILES string of the molecule is COc1ccc2ccnc(NC3CCC(OC)C3)c2c1. The van der Waals surface area contributed by atoms with Crippen LogP contribution in [0.4, 0.5) is 5.82 Å². The van der Waals surface area contributed by atoms with E-state index in [2.05, 4.69) is 16.4 Å². The number of methoxy groups -OCH3 is 2. The number of pyridine rings is 1. The van der Waals surface area contributed by atoms with Gasteiger partial charge in [-0.05, 0) is 42.8 Å². The molecule has 1 aromatic carbocycles. The van der Waals surface area contributed by atoms with E-state index in [1.165, 1.54) is 5.39 Å². The number of anilines is 1. The van der Waals surface area contributed by atoms with E-state index in [4.69, 9.17) is 9.47 Å². The summed E-state index contributed by atoms with van der Waals surface area (Å²) in [5.74, 6) is 1.79. The molecule has 1 saturated carbocycles. The maximum Gasteiger partial charge on any atom is 0.134 e. The quantitative estimate of drug-likeness (QED) is 0.928. The van der Waals surface area contributed by atoms with Crippen molar-refractivity contribution in [3.8, 4) is 5.75 Å². The molecule has 1 aromatic heterocycles. The molecule has 0 spiro atoms. The van der Waals surface area contributed by atoms with Crippen molar-refractivity contribution in [2.24, 2.45) is 0 Å². The predicted molar refractivity (Wildman–Crippen MR) is 80.4 cm³/mol. The predicted octanol–water partition coefficient (Wildman–Crippen LogP) is 3.22. The van der Waals surface area contributed by atoms with Crippen molar-refractivity contribution in [1.29, 1.82) is 0 Å². The van der Waals surface area contributed by atoms with Crippen LogP contribution in [0.3, 0.4) is 0 Å². The van der Waals surface area contributed by atoms with Gasteiger partial charge in [-0.15, -0.1) is 0 Å². The van der Waals surface area contributed by atoms with Crippen LogP contribution in [0.25, 0.3) is 10.8 Å². The van der Waals surface area contributed by atoms with Crippen LogP contribution in [0, 0.1) is 0 Å². The third-order valence-electron chi connectivity index (χ3n) is 4.03. The Kier molecular flexibility index (Phi) is 3.74. The summed E-state index contributed by atoms with van der Waals surface area (Å²) in [6, 6.07) is 8.53. The highest BCUT2D eigenvalue weighted by atomic mass is 16.5. The molecule has 0 saturated heterocycles. The number of nitrogens with zero attached hydrogens (tertiary/aromatic N) is 1. The normalized spacial score (nSPS) is 22.1. The topological polar surface area (TPSA) is 43.4 Å². The lowest BCUT2D eigenvalue weighted by molar-refractivity contribution is 0.108. The first kappa shape index (κ1) is 13.2. The molecule has 1 N–H and O–H groups in total. The van der Waals surface area contributed by atoms with E-state index in [0.29, 0.717) is 12.1 Å². The number of ether oxygens (including phenoxy) is 2. The molecular formula is C16H20N2O2. The smallest absolute Gasteiger partial charge is 0.134 e. The molecule has 4 nitrogen and oxygen atoms in total. The first-order valence-corrected chi connectivity index (χ1v) is 7.02. The summed E-state index contributed by atoms with van der Waals surface area (Å²) < 4.78 is 10.7. The van der Waals surface area contributed by atoms with E-state index in [1.807, 2.05) is 24.4 Å². The van der Waals surface area contributed by atoms with Crippen LogP contribution >= 0.6 is 0 Å². The van der Waals surface area contributed by atoms with Gasteiger partial charge in [-0.25, -0.2) is 4.98 Å². The maximum absolute atomic E-state index is 5.42. The summed E-state index contributed by atoms with van der Waals surface area (Å²) in [5.41, 5.74) is 0. The lowest BCUT2D eigenvalue weighted by Crippen LogP contribution is -2.18. The summed E-state index contributed by atoms with van der Waals surface area (Å²) in [6.45, 7) is 0. The minimum Gasteiger partial charge on any atom is -0.497 e. The Hall–Kier alpha value is -1.81. The zero-order valence-corrected chi connectivity index (χ0v) is 11.9. The summed E-state index contributed by atoms with van der Waals surface area (Å²) in [7, 11) is 3.47. The zero-order chi connectivity index (χ0) is 13.9. The fraction of sp³-hybridized carbons (Fsp3) is 0.438. The fourth-order valence-electron chi connectivity index (χ4n) is 2.87. The largest absolute Gasteiger partial charge is 0.497 e. The van der Waals surface area contributed by atoms with E-state index in [9.17, 15) is 0 Å². The molecule has 2 unspecified atom stereocenters. The Morgan fingerprint density at radius 2 is 2.10 bits per heavy atom. The van der Waals surface area contributed by atoms with Crippen molar-refractivity contribution in [2.75, 3.05) is 19.5 Å². The second kappa shape index (κ2) is 5.67. The lowest BCUT2D eigenvalue weighted by Gasteiger charge is -2.15. The third-order valence-corrected chi connectivity index (χ3v) is 4.03. The maximum atomic E-state index is 5.42. The summed E-state index contributed by atoms with van der Waals surface area (Å²) in [5, 5.41) is 5.83. The number of hydrogen-bond donors (Lipinski definition) is 1. The first-order chi connectivity index (χ1) is 9.80. The first-order valence-electron chi connectivity index (χ1n) is 7.02. The van der Waals surface area contributed by atoms with Crippen molar-refractivity contribution in [2.45, 2.75) is 31.4 Å². The van der Waals surface area contributed by atoms with Crippen LogP contribution in [0.5, 0.6) is 5.75 Å². The molecule has 1 heterocycles. The van der Waals surface area contributed by atoms with Gasteiger partial charge in [0, 0.05) is 24.7 Å². The Labute approximate surface area is 119 Å². The van der Waals surface area contributed by atoms with Gasteiger partial charge in [-0.2, -0.15) is 0 Å². The Morgan fingerprint density at radius 3 is 2.85 bits per heavy atom. The molecule has 106 valence electrons.